The highest BCUT2D eigenvalue weighted by atomic mass is 19.4. The van der Waals surface area contributed by atoms with E-state index >= 15 is 0 Å². The molecule has 176 valence electrons. The lowest BCUT2D eigenvalue weighted by molar-refractivity contribution is -0.178. The maximum atomic E-state index is 12.3. The number of carbonyl (C=O) groups is 6. The van der Waals surface area contributed by atoms with Crippen LogP contribution in [-0.4, -0.2) is 70.3 Å². The molecule has 0 fully saturated rings. The molecule has 17 heteroatoms. The van der Waals surface area contributed by atoms with Gasteiger partial charge >= 0.3 is 48.0 Å². The average Bonchev–Trinajstić information content (AvgIpc) is 2.59. The number of carboxylic acids is 2. The number of nitrogens with one attached hydrogen (secondary N) is 2. The van der Waals surface area contributed by atoms with E-state index in [1.54, 1.807) is 0 Å². The van der Waals surface area contributed by atoms with Gasteiger partial charge in [-0.2, -0.15) is 26.3 Å². The van der Waals surface area contributed by atoms with E-state index in [0.29, 0.717) is 0 Å². The molecule has 4 N–H and O–H groups in total. The minimum absolute atomic E-state index is 0.987. The standard InChI is InChI=1S/C14H14F6N2O9/c15-13(16,17)11(29)21-5(1-3-7(23)24)9(27)31-10(28)6(2-4-8(25)26)22-12(30)14(18,19)20/h5-6H,1-4H2,(H,21,29)(H,22,30)(H,23,24)(H,25,26)/t5-,6-/m0/s1. The van der Waals surface area contributed by atoms with Gasteiger partial charge in [0.2, 0.25) is 0 Å². The third-order valence-electron chi connectivity index (χ3n) is 3.19. The maximum absolute atomic E-state index is 12.3. The van der Waals surface area contributed by atoms with Crippen LogP contribution < -0.4 is 10.6 Å². The first-order valence-electron chi connectivity index (χ1n) is 7.89. The predicted molar refractivity (Wildman–Crippen MR) is 80.8 cm³/mol. The summed E-state index contributed by atoms with van der Waals surface area (Å²) in [5.41, 5.74) is 0. The van der Waals surface area contributed by atoms with Crippen molar-refractivity contribution in [2.24, 2.45) is 0 Å². The van der Waals surface area contributed by atoms with Crippen molar-refractivity contribution in [3.8, 4) is 0 Å². The van der Waals surface area contributed by atoms with Gasteiger partial charge in [-0.15, -0.1) is 0 Å². The van der Waals surface area contributed by atoms with Gasteiger partial charge in [0.05, 0.1) is 0 Å². The molecule has 0 heterocycles. The third kappa shape index (κ3) is 10.8. The number of hydrogen-bond donors (Lipinski definition) is 4. The molecule has 2 atom stereocenters. The van der Waals surface area contributed by atoms with Gasteiger partial charge in [-0.3, -0.25) is 19.2 Å². The molecule has 2 amide bonds. The summed E-state index contributed by atoms with van der Waals surface area (Å²) in [6.07, 6.45) is -15.0. The van der Waals surface area contributed by atoms with Crippen LogP contribution in [0.5, 0.6) is 0 Å². The molecule has 0 rings (SSSR count). The Hall–Kier alpha value is -3.40. The third-order valence-corrected chi connectivity index (χ3v) is 3.19. The highest BCUT2D eigenvalue weighted by Gasteiger charge is 2.43. The van der Waals surface area contributed by atoms with Gasteiger partial charge in [0.1, 0.15) is 12.1 Å². The molecule has 0 aromatic carbocycles. The number of esters is 2. The number of amides is 2. The quantitative estimate of drug-likeness (QED) is 0.193. The summed E-state index contributed by atoms with van der Waals surface area (Å²) < 4.78 is 78.1. The van der Waals surface area contributed by atoms with E-state index in [9.17, 15) is 55.1 Å². The fourth-order valence-electron chi connectivity index (χ4n) is 1.76. The molecule has 0 aliphatic rings. The first-order chi connectivity index (χ1) is 13.9. The number of carbonyl (C=O) groups excluding carboxylic acids is 4. The summed E-state index contributed by atoms with van der Waals surface area (Å²) in [5, 5.41) is 19.2. The average molecular weight is 468 g/mol. The van der Waals surface area contributed by atoms with Gasteiger partial charge in [-0.25, -0.2) is 9.59 Å². The molecule has 11 nitrogen and oxygen atoms in total. The van der Waals surface area contributed by atoms with Crippen molar-refractivity contribution in [3.63, 3.8) is 0 Å². The summed E-state index contributed by atoms with van der Waals surface area (Å²) >= 11 is 0. The van der Waals surface area contributed by atoms with Crippen LogP contribution in [0.2, 0.25) is 0 Å². The Morgan fingerprint density at radius 2 is 0.968 bits per heavy atom. The largest absolute Gasteiger partial charge is 0.481 e. The molecule has 0 saturated carbocycles. The first-order valence-corrected chi connectivity index (χ1v) is 7.89. The molecule has 0 aromatic heterocycles. The maximum Gasteiger partial charge on any atom is 0.471 e. The monoisotopic (exact) mass is 468 g/mol. The molecule has 0 spiro atoms. The number of rotatable bonds is 10. The Bertz CT molecular complexity index is 675. The van der Waals surface area contributed by atoms with Crippen molar-refractivity contribution in [2.45, 2.75) is 50.1 Å². The SMILES string of the molecule is O=C(O)CC[C@H](NC(=O)C(F)(F)F)C(=O)OC(=O)[C@H](CCC(=O)O)NC(=O)C(F)(F)F. The lowest BCUT2D eigenvalue weighted by atomic mass is 10.1. The van der Waals surface area contributed by atoms with Crippen LogP contribution in [0.15, 0.2) is 0 Å². The number of aliphatic carboxylic acids is 2. The molecular weight excluding hydrogens is 454 g/mol. The second-order valence-electron chi connectivity index (χ2n) is 5.65. The Balaban J connectivity index is 5.46. The lowest BCUT2D eigenvalue weighted by Gasteiger charge is -2.20. The van der Waals surface area contributed by atoms with Crippen LogP contribution in [0, 0.1) is 0 Å². The number of hydrogen-bond acceptors (Lipinski definition) is 7. The molecule has 0 aliphatic carbocycles. The van der Waals surface area contributed by atoms with E-state index in [2.05, 4.69) is 4.74 Å². The summed E-state index contributed by atoms with van der Waals surface area (Å²) in [7, 11) is 0. The zero-order valence-corrected chi connectivity index (χ0v) is 15.0. The highest BCUT2D eigenvalue weighted by molar-refractivity contribution is 5.96. The van der Waals surface area contributed by atoms with Gasteiger partial charge < -0.3 is 25.6 Å². The van der Waals surface area contributed by atoms with E-state index in [0.717, 1.165) is 10.6 Å². The van der Waals surface area contributed by atoms with E-state index in [1.165, 1.54) is 0 Å². The molecule has 0 aromatic rings. The molecule has 0 saturated heterocycles. The molecule has 0 unspecified atom stereocenters. The molecular formula is C14H14F6N2O9. The summed E-state index contributed by atoms with van der Waals surface area (Å²) in [6.45, 7) is 0. The number of alkyl halides is 6. The van der Waals surface area contributed by atoms with Crippen molar-refractivity contribution in [2.75, 3.05) is 0 Å². The summed E-state index contributed by atoms with van der Waals surface area (Å²) in [4.78, 5) is 66.8. The first kappa shape index (κ1) is 27.6. The van der Waals surface area contributed by atoms with Crippen LogP contribution in [0.1, 0.15) is 25.7 Å². The van der Waals surface area contributed by atoms with Crippen molar-refractivity contribution >= 4 is 35.7 Å². The molecule has 0 radical (unpaired) electrons. The predicted octanol–water partition coefficient (Wildman–Crippen LogP) is -0.120. The normalized spacial score (nSPS) is 13.5. The fraction of sp³-hybridized carbons (Fsp3) is 0.571. The summed E-state index contributed by atoms with van der Waals surface area (Å²) in [6, 6.07) is -4.71. The topological polar surface area (TPSA) is 176 Å². The lowest BCUT2D eigenvalue weighted by Crippen LogP contribution is -2.51. The van der Waals surface area contributed by atoms with E-state index in [1.807, 2.05) is 0 Å². The Kier molecular flexibility index (Phi) is 9.90. The zero-order chi connectivity index (χ0) is 24.6. The minimum Gasteiger partial charge on any atom is -0.481 e. The van der Waals surface area contributed by atoms with E-state index < -0.39 is 85.8 Å². The highest BCUT2D eigenvalue weighted by Crippen LogP contribution is 2.17. The molecule has 31 heavy (non-hydrogen) atoms. The number of halogens is 6. The van der Waals surface area contributed by atoms with E-state index in [-0.39, 0.29) is 0 Å². The Morgan fingerprint density at radius 3 is 1.19 bits per heavy atom. The van der Waals surface area contributed by atoms with Gasteiger partial charge in [-0.05, 0) is 12.8 Å². The van der Waals surface area contributed by atoms with Crippen molar-refractivity contribution in [1.29, 1.82) is 0 Å². The Labute approximate surface area is 167 Å². The smallest absolute Gasteiger partial charge is 0.471 e. The van der Waals surface area contributed by atoms with Crippen LogP contribution in [0.4, 0.5) is 26.3 Å². The second-order valence-corrected chi connectivity index (χ2v) is 5.65. The molecule has 0 bridgehead atoms. The van der Waals surface area contributed by atoms with E-state index in [4.69, 9.17) is 10.2 Å². The van der Waals surface area contributed by atoms with Crippen LogP contribution in [0.25, 0.3) is 0 Å². The fourth-order valence-corrected chi connectivity index (χ4v) is 1.76. The van der Waals surface area contributed by atoms with Crippen molar-refractivity contribution < 1.29 is 70.1 Å². The van der Waals surface area contributed by atoms with Crippen LogP contribution in [0.3, 0.4) is 0 Å². The van der Waals surface area contributed by atoms with Gasteiger partial charge in [0.25, 0.3) is 0 Å². The Morgan fingerprint density at radius 1 is 0.677 bits per heavy atom. The van der Waals surface area contributed by atoms with Gasteiger partial charge in [-0.1, -0.05) is 0 Å². The van der Waals surface area contributed by atoms with Crippen molar-refractivity contribution in [1.82, 2.24) is 10.6 Å². The summed E-state index contributed by atoms with van der Waals surface area (Å²) in [5.74, 6) is -12.6. The molecule has 0 aliphatic heterocycles. The van der Waals surface area contributed by atoms with Crippen LogP contribution in [-0.2, 0) is 33.5 Å². The van der Waals surface area contributed by atoms with Crippen molar-refractivity contribution in [3.05, 3.63) is 0 Å². The van der Waals surface area contributed by atoms with Gasteiger partial charge in [0, 0.05) is 12.8 Å². The number of carboxylic acid groups (broad SMARTS) is 2. The minimum atomic E-state index is -5.52. The van der Waals surface area contributed by atoms with Crippen LogP contribution >= 0.6 is 0 Å². The zero-order valence-electron chi connectivity index (χ0n) is 15.0. The van der Waals surface area contributed by atoms with Gasteiger partial charge in [0.15, 0.2) is 0 Å². The second kappa shape index (κ2) is 11.1. The number of ether oxygens (including phenoxy) is 1.